The number of nitrogens with one attached hydrogen (secondary N) is 2. The molecule has 0 atom stereocenters. The Kier molecular flexibility index (Phi) is 4.44. The number of aryl methyl sites for hydroxylation is 1. The lowest BCUT2D eigenvalue weighted by atomic mass is 10.1. The van der Waals surface area contributed by atoms with Crippen molar-refractivity contribution in [3.63, 3.8) is 0 Å². The lowest BCUT2D eigenvalue weighted by Gasteiger charge is -2.19. The molecule has 0 saturated heterocycles. The van der Waals surface area contributed by atoms with Crippen LogP contribution in [0.3, 0.4) is 0 Å². The second-order valence-electron chi connectivity index (χ2n) is 6.92. The van der Waals surface area contributed by atoms with E-state index in [1.165, 1.54) is 6.33 Å². The van der Waals surface area contributed by atoms with Gasteiger partial charge in [-0.1, -0.05) is 6.07 Å². The number of pyridine rings is 1. The van der Waals surface area contributed by atoms with E-state index >= 15 is 0 Å². The van der Waals surface area contributed by atoms with E-state index in [-0.39, 0.29) is 0 Å². The van der Waals surface area contributed by atoms with Crippen LogP contribution >= 0.6 is 0 Å². The number of benzene rings is 2. The van der Waals surface area contributed by atoms with Gasteiger partial charge in [-0.2, -0.15) is 0 Å². The minimum atomic E-state index is 0.407. The zero-order chi connectivity index (χ0) is 20.5. The van der Waals surface area contributed by atoms with Crippen LogP contribution in [0.15, 0.2) is 54.9 Å². The summed E-state index contributed by atoms with van der Waals surface area (Å²) >= 11 is 0. The quantitative estimate of drug-likeness (QED) is 0.468. The summed E-state index contributed by atoms with van der Waals surface area (Å²) in [6, 6.07) is 15.5. The number of hydrogen-bond acceptors (Lipinski definition) is 8. The summed E-state index contributed by atoms with van der Waals surface area (Å²) in [6.45, 7) is 3.05. The minimum Gasteiger partial charge on any atom is -0.486 e. The van der Waals surface area contributed by atoms with Gasteiger partial charge < -0.3 is 25.8 Å². The minimum absolute atomic E-state index is 0.407. The van der Waals surface area contributed by atoms with Crippen LogP contribution in [0.25, 0.3) is 10.9 Å². The molecule has 0 bridgehead atoms. The van der Waals surface area contributed by atoms with Gasteiger partial charge in [-0.3, -0.25) is 4.98 Å². The van der Waals surface area contributed by atoms with Gasteiger partial charge in [0.25, 0.3) is 0 Å². The SMILES string of the molecule is Cc1ccc2c(Nc3ncnc(Nc4ccc5c(c4)OCCO5)c3N)cccc2n1. The van der Waals surface area contributed by atoms with Crippen molar-refractivity contribution < 1.29 is 9.47 Å². The molecule has 30 heavy (non-hydrogen) atoms. The molecule has 0 amide bonds. The second-order valence-corrected chi connectivity index (χ2v) is 6.92. The molecule has 4 N–H and O–H groups in total. The van der Waals surface area contributed by atoms with E-state index in [2.05, 4.69) is 25.6 Å². The normalized spacial score (nSPS) is 12.6. The summed E-state index contributed by atoms with van der Waals surface area (Å²) < 4.78 is 11.2. The van der Waals surface area contributed by atoms with Gasteiger partial charge in [-0.15, -0.1) is 0 Å². The van der Waals surface area contributed by atoms with Crippen LogP contribution in [0.5, 0.6) is 11.5 Å². The highest BCUT2D eigenvalue weighted by Crippen LogP contribution is 2.35. The molecule has 0 saturated carbocycles. The van der Waals surface area contributed by atoms with Crippen LogP contribution in [0, 0.1) is 6.92 Å². The van der Waals surface area contributed by atoms with E-state index in [4.69, 9.17) is 15.2 Å². The third-order valence-corrected chi connectivity index (χ3v) is 4.81. The van der Waals surface area contributed by atoms with Crippen molar-refractivity contribution in [3.05, 3.63) is 60.6 Å². The van der Waals surface area contributed by atoms with Crippen LogP contribution < -0.4 is 25.8 Å². The molecular weight excluding hydrogens is 380 g/mol. The molecule has 1 aliphatic heterocycles. The van der Waals surface area contributed by atoms with E-state index < -0.39 is 0 Å². The van der Waals surface area contributed by atoms with Crippen LogP contribution in [0.1, 0.15) is 5.69 Å². The first kappa shape index (κ1) is 18.0. The average Bonchev–Trinajstić information content (AvgIpc) is 2.76. The molecule has 2 aromatic heterocycles. The average molecular weight is 400 g/mol. The summed E-state index contributed by atoms with van der Waals surface area (Å²) in [5, 5.41) is 7.53. The molecule has 0 radical (unpaired) electrons. The first-order valence-electron chi connectivity index (χ1n) is 9.58. The predicted molar refractivity (Wildman–Crippen MR) is 117 cm³/mol. The maximum Gasteiger partial charge on any atom is 0.163 e. The molecule has 2 aromatic carbocycles. The van der Waals surface area contributed by atoms with Gasteiger partial charge >= 0.3 is 0 Å². The smallest absolute Gasteiger partial charge is 0.163 e. The zero-order valence-corrected chi connectivity index (χ0v) is 16.3. The number of nitrogen functional groups attached to an aromatic ring is 1. The molecule has 4 aromatic rings. The highest BCUT2D eigenvalue weighted by atomic mass is 16.6. The van der Waals surface area contributed by atoms with Crippen molar-refractivity contribution in [2.24, 2.45) is 0 Å². The molecule has 0 unspecified atom stereocenters. The van der Waals surface area contributed by atoms with E-state index in [1.807, 2.05) is 55.5 Å². The van der Waals surface area contributed by atoms with Crippen LogP contribution in [0.2, 0.25) is 0 Å². The van der Waals surface area contributed by atoms with Gasteiger partial charge in [0.05, 0.1) is 5.52 Å². The number of nitrogens with two attached hydrogens (primary N) is 1. The molecule has 0 fully saturated rings. The monoisotopic (exact) mass is 400 g/mol. The third kappa shape index (κ3) is 3.39. The van der Waals surface area contributed by atoms with Gasteiger partial charge in [0.15, 0.2) is 23.1 Å². The van der Waals surface area contributed by atoms with Crippen LogP contribution in [-0.2, 0) is 0 Å². The Morgan fingerprint density at radius 1 is 0.900 bits per heavy atom. The van der Waals surface area contributed by atoms with E-state index in [0.29, 0.717) is 36.3 Å². The Balaban J connectivity index is 1.44. The van der Waals surface area contributed by atoms with E-state index in [0.717, 1.165) is 33.7 Å². The maximum atomic E-state index is 6.36. The topological polar surface area (TPSA) is 107 Å². The van der Waals surface area contributed by atoms with Crippen LogP contribution in [0.4, 0.5) is 28.7 Å². The Labute approximate surface area is 173 Å². The van der Waals surface area contributed by atoms with Gasteiger partial charge in [-0.05, 0) is 43.3 Å². The molecular formula is C22H20N6O2. The molecule has 1 aliphatic rings. The maximum absolute atomic E-state index is 6.36. The molecule has 5 rings (SSSR count). The van der Waals surface area contributed by atoms with Crippen molar-refractivity contribution in [1.29, 1.82) is 0 Å². The summed E-state index contributed by atoms with van der Waals surface area (Å²) in [5.41, 5.74) is 10.3. The summed E-state index contributed by atoms with van der Waals surface area (Å²) in [5.74, 6) is 2.43. The summed E-state index contributed by atoms with van der Waals surface area (Å²) in [4.78, 5) is 13.2. The molecule has 3 heterocycles. The zero-order valence-electron chi connectivity index (χ0n) is 16.3. The lowest BCUT2D eigenvalue weighted by molar-refractivity contribution is 0.171. The van der Waals surface area contributed by atoms with Crippen molar-refractivity contribution in [1.82, 2.24) is 15.0 Å². The molecule has 150 valence electrons. The number of aromatic nitrogens is 3. The first-order valence-corrected chi connectivity index (χ1v) is 9.58. The molecule has 8 nitrogen and oxygen atoms in total. The largest absolute Gasteiger partial charge is 0.486 e. The number of hydrogen-bond donors (Lipinski definition) is 3. The summed E-state index contributed by atoms with van der Waals surface area (Å²) in [6.07, 6.45) is 1.46. The fourth-order valence-corrected chi connectivity index (χ4v) is 3.35. The Morgan fingerprint density at radius 3 is 2.57 bits per heavy atom. The van der Waals surface area contributed by atoms with E-state index in [9.17, 15) is 0 Å². The van der Waals surface area contributed by atoms with Gasteiger partial charge in [0, 0.05) is 28.5 Å². The number of fused-ring (bicyclic) bond motifs is 2. The fraction of sp³-hybridized carbons (Fsp3) is 0.136. The van der Waals surface area contributed by atoms with Gasteiger partial charge in [-0.25, -0.2) is 9.97 Å². The highest BCUT2D eigenvalue weighted by molar-refractivity contribution is 5.94. The predicted octanol–water partition coefficient (Wildman–Crippen LogP) is 4.17. The van der Waals surface area contributed by atoms with E-state index in [1.54, 1.807) is 0 Å². The number of anilines is 5. The first-order chi connectivity index (χ1) is 14.7. The standard InChI is InChI=1S/C22H20N6O2/c1-13-5-7-15-16(26-13)3-2-4-17(15)28-22-20(23)21(24-12-25-22)27-14-6-8-18-19(11-14)30-10-9-29-18/h2-8,11-12H,9-10,23H2,1H3,(H2,24,25,27,28). The van der Waals surface area contributed by atoms with Crippen LogP contribution in [-0.4, -0.2) is 28.2 Å². The molecule has 0 aliphatic carbocycles. The number of rotatable bonds is 4. The van der Waals surface area contributed by atoms with Crippen molar-refractivity contribution in [2.45, 2.75) is 6.92 Å². The van der Waals surface area contributed by atoms with Gasteiger partial charge in [0.2, 0.25) is 0 Å². The van der Waals surface area contributed by atoms with Crippen molar-refractivity contribution in [2.75, 3.05) is 29.6 Å². The molecule has 8 heteroatoms. The van der Waals surface area contributed by atoms with Gasteiger partial charge in [0.1, 0.15) is 25.2 Å². The highest BCUT2D eigenvalue weighted by Gasteiger charge is 2.14. The Bertz CT molecular complexity index is 1240. The molecule has 0 spiro atoms. The van der Waals surface area contributed by atoms with Crippen molar-refractivity contribution >= 4 is 39.6 Å². The fourth-order valence-electron chi connectivity index (χ4n) is 3.35. The summed E-state index contributed by atoms with van der Waals surface area (Å²) in [7, 11) is 0. The van der Waals surface area contributed by atoms with Crippen molar-refractivity contribution in [3.8, 4) is 11.5 Å². The lowest BCUT2D eigenvalue weighted by Crippen LogP contribution is -2.15. The number of ether oxygens (including phenoxy) is 2. The Hall–Kier alpha value is -4.07. The Morgan fingerprint density at radius 2 is 1.70 bits per heavy atom. The second kappa shape index (κ2) is 7.40. The number of nitrogens with zero attached hydrogens (tertiary/aromatic N) is 3. The third-order valence-electron chi connectivity index (χ3n) is 4.81.